The van der Waals surface area contributed by atoms with Crippen molar-refractivity contribution >= 4 is 0 Å². The van der Waals surface area contributed by atoms with Gasteiger partial charge in [-0.1, -0.05) is 31.9 Å². The maximum Gasteiger partial charge on any atom is 0.162 e. The summed E-state index contributed by atoms with van der Waals surface area (Å²) in [6.07, 6.45) is 5.09. The van der Waals surface area contributed by atoms with Gasteiger partial charge in [0.1, 0.15) is 0 Å². The highest BCUT2D eigenvalue weighted by Gasteiger charge is 2.27. The zero-order valence-corrected chi connectivity index (χ0v) is 11.3. The number of rotatable bonds is 4. The fourth-order valence-electron chi connectivity index (χ4n) is 3.15. The van der Waals surface area contributed by atoms with Gasteiger partial charge in [0, 0.05) is 6.04 Å². The molecule has 1 fully saturated rings. The molecule has 0 bridgehead atoms. The van der Waals surface area contributed by atoms with Crippen molar-refractivity contribution in [3.05, 3.63) is 35.4 Å². The molecule has 19 heavy (non-hydrogen) atoms. The first-order valence-electron chi connectivity index (χ1n) is 7.00. The third-order valence-electron chi connectivity index (χ3n) is 4.23. The maximum absolute atomic E-state index is 13.7. The Morgan fingerprint density at radius 2 is 2.16 bits per heavy atom. The molecular weight excluding hydrogens is 246 g/mol. The standard InChI is InChI=1S/C15H22F2N2/c1-10-4-2-5-11(8-10)14(19-18)9-12-6-3-7-13(16)15(12)17/h3,6-7,10-11,14,19H,2,4-5,8-9,18H2,1H3. The van der Waals surface area contributed by atoms with Gasteiger partial charge in [0.15, 0.2) is 11.6 Å². The molecule has 3 atom stereocenters. The molecule has 0 saturated heterocycles. The van der Waals surface area contributed by atoms with E-state index in [2.05, 4.69) is 12.3 Å². The first kappa shape index (κ1) is 14.4. The quantitative estimate of drug-likeness (QED) is 0.650. The summed E-state index contributed by atoms with van der Waals surface area (Å²) in [5.74, 6) is 5.22. The average molecular weight is 268 g/mol. The number of nitrogens with two attached hydrogens (primary N) is 1. The van der Waals surface area contributed by atoms with E-state index in [1.54, 1.807) is 12.1 Å². The van der Waals surface area contributed by atoms with Gasteiger partial charge in [0.2, 0.25) is 0 Å². The van der Waals surface area contributed by atoms with Crippen LogP contribution >= 0.6 is 0 Å². The lowest BCUT2D eigenvalue weighted by Crippen LogP contribution is -2.44. The van der Waals surface area contributed by atoms with Crippen LogP contribution in [0, 0.1) is 23.5 Å². The summed E-state index contributed by atoms with van der Waals surface area (Å²) in [5.41, 5.74) is 3.20. The van der Waals surface area contributed by atoms with E-state index < -0.39 is 11.6 Å². The van der Waals surface area contributed by atoms with E-state index in [1.165, 1.54) is 12.8 Å². The van der Waals surface area contributed by atoms with Gasteiger partial charge in [0.05, 0.1) is 0 Å². The third-order valence-corrected chi connectivity index (χ3v) is 4.23. The van der Waals surface area contributed by atoms with Crippen LogP contribution in [-0.2, 0) is 6.42 Å². The Morgan fingerprint density at radius 3 is 2.84 bits per heavy atom. The van der Waals surface area contributed by atoms with Crippen LogP contribution in [0.15, 0.2) is 18.2 Å². The SMILES string of the molecule is CC1CCCC(C(Cc2cccc(F)c2F)NN)C1. The van der Waals surface area contributed by atoms with Crippen molar-refractivity contribution in [2.45, 2.75) is 45.1 Å². The Bertz CT molecular complexity index is 423. The van der Waals surface area contributed by atoms with Gasteiger partial charge < -0.3 is 0 Å². The molecule has 1 saturated carbocycles. The minimum atomic E-state index is -0.787. The molecule has 0 amide bonds. The molecule has 0 spiro atoms. The molecule has 2 rings (SSSR count). The summed E-state index contributed by atoms with van der Waals surface area (Å²) in [4.78, 5) is 0. The smallest absolute Gasteiger partial charge is 0.162 e. The van der Waals surface area contributed by atoms with E-state index in [0.717, 1.165) is 18.9 Å². The number of hydrazine groups is 1. The molecule has 3 unspecified atom stereocenters. The minimum absolute atomic E-state index is 0.0130. The molecule has 1 aromatic carbocycles. The highest BCUT2D eigenvalue weighted by atomic mass is 19.2. The van der Waals surface area contributed by atoms with Gasteiger partial charge in [-0.15, -0.1) is 0 Å². The van der Waals surface area contributed by atoms with Crippen LogP contribution in [0.25, 0.3) is 0 Å². The van der Waals surface area contributed by atoms with Crippen LogP contribution in [0.2, 0.25) is 0 Å². The molecule has 0 aliphatic heterocycles. The number of hydrogen-bond donors (Lipinski definition) is 2. The van der Waals surface area contributed by atoms with Crippen LogP contribution in [0.1, 0.15) is 38.2 Å². The molecule has 4 heteroatoms. The first-order valence-corrected chi connectivity index (χ1v) is 7.00. The maximum atomic E-state index is 13.7. The topological polar surface area (TPSA) is 38.0 Å². The van der Waals surface area contributed by atoms with Crippen molar-refractivity contribution in [2.75, 3.05) is 0 Å². The summed E-state index contributed by atoms with van der Waals surface area (Å²) < 4.78 is 26.9. The molecule has 1 aliphatic rings. The van der Waals surface area contributed by atoms with E-state index in [-0.39, 0.29) is 6.04 Å². The minimum Gasteiger partial charge on any atom is -0.271 e. The summed E-state index contributed by atoms with van der Waals surface area (Å²) >= 11 is 0. The molecular formula is C15H22F2N2. The monoisotopic (exact) mass is 268 g/mol. The summed E-state index contributed by atoms with van der Waals surface area (Å²) in [7, 11) is 0. The molecule has 1 aromatic rings. The Labute approximate surface area is 113 Å². The first-order chi connectivity index (χ1) is 9.11. The van der Waals surface area contributed by atoms with Gasteiger partial charge in [-0.3, -0.25) is 11.3 Å². The average Bonchev–Trinajstić information content (AvgIpc) is 2.40. The second-order valence-electron chi connectivity index (χ2n) is 5.72. The second kappa shape index (κ2) is 6.44. The lowest BCUT2D eigenvalue weighted by Gasteiger charge is -2.33. The van der Waals surface area contributed by atoms with E-state index in [9.17, 15) is 8.78 Å². The summed E-state index contributed by atoms with van der Waals surface area (Å²) in [6, 6.07) is 4.34. The van der Waals surface area contributed by atoms with E-state index >= 15 is 0 Å². The van der Waals surface area contributed by atoms with Gasteiger partial charge in [-0.05, 0) is 42.7 Å². The predicted octanol–water partition coefficient (Wildman–Crippen LogP) is 3.17. The van der Waals surface area contributed by atoms with Crippen molar-refractivity contribution in [3.63, 3.8) is 0 Å². The Kier molecular flexibility index (Phi) is 4.88. The Balaban J connectivity index is 2.08. The zero-order chi connectivity index (χ0) is 13.8. The van der Waals surface area contributed by atoms with Crippen LogP contribution in [0.5, 0.6) is 0 Å². The highest BCUT2D eigenvalue weighted by Crippen LogP contribution is 2.32. The van der Waals surface area contributed by atoms with Crippen molar-refractivity contribution in [3.8, 4) is 0 Å². The van der Waals surface area contributed by atoms with Gasteiger partial charge >= 0.3 is 0 Å². The third kappa shape index (κ3) is 3.51. The van der Waals surface area contributed by atoms with Crippen molar-refractivity contribution in [2.24, 2.45) is 17.7 Å². The molecule has 0 aromatic heterocycles. The number of benzene rings is 1. The number of hydrogen-bond acceptors (Lipinski definition) is 2. The van der Waals surface area contributed by atoms with Gasteiger partial charge in [-0.25, -0.2) is 8.78 Å². The molecule has 1 aliphatic carbocycles. The number of halogens is 2. The lowest BCUT2D eigenvalue weighted by atomic mass is 9.77. The zero-order valence-electron chi connectivity index (χ0n) is 11.3. The molecule has 0 heterocycles. The van der Waals surface area contributed by atoms with E-state index in [0.29, 0.717) is 23.8 Å². The molecule has 0 radical (unpaired) electrons. The van der Waals surface area contributed by atoms with Crippen LogP contribution in [0.4, 0.5) is 8.78 Å². The van der Waals surface area contributed by atoms with Crippen molar-refractivity contribution in [1.82, 2.24) is 5.43 Å². The lowest BCUT2D eigenvalue weighted by molar-refractivity contribution is 0.221. The Morgan fingerprint density at radius 1 is 1.37 bits per heavy atom. The van der Waals surface area contributed by atoms with E-state index in [1.807, 2.05) is 0 Å². The largest absolute Gasteiger partial charge is 0.271 e. The van der Waals surface area contributed by atoms with Crippen molar-refractivity contribution in [1.29, 1.82) is 0 Å². The molecule has 3 N–H and O–H groups in total. The van der Waals surface area contributed by atoms with Gasteiger partial charge in [-0.2, -0.15) is 0 Å². The van der Waals surface area contributed by atoms with E-state index in [4.69, 9.17) is 5.84 Å². The van der Waals surface area contributed by atoms with Crippen LogP contribution < -0.4 is 11.3 Å². The predicted molar refractivity (Wildman–Crippen MR) is 72.3 cm³/mol. The second-order valence-corrected chi connectivity index (χ2v) is 5.72. The fourth-order valence-corrected chi connectivity index (χ4v) is 3.15. The van der Waals surface area contributed by atoms with Crippen LogP contribution in [-0.4, -0.2) is 6.04 Å². The Hall–Kier alpha value is -1.00. The normalized spacial score (nSPS) is 25.3. The highest BCUT2D eigenvalue weighted by molar-refractivity contribution is 5.20. The summed E-state index contributed by atoms with van der Waals surface area (Å²) in [6.45, 7) is 2.24. The van der Waals surface area contributed by atoms with Gasteiger partial charge in [0.25, 0.3) is 0 Å². The van der Waals surface area contributed by atoms with Crippen molar-refractivity contribution < 1.29 is 8.78 Å². The fraction of sp³-hybridized carbons (Fsp3) is 0.600. The molecule has 2 nitrogen and oxygen atoms in total. The summed E-state index contributed by atoms with van der Waals surface area (Å²) in [5, 5.41) is 0. The van der Waals surface area contributed by atoms with Crippen LogP contribution in [0.3, 0.4) is 0 Å². The molecule has 106 valence electrons. The number of nitrogens with one attached hydrogen (secondary N) is 1.